The molecule has 0 saturated carbocycles. The van der Waals surface area contributed by atoms with E-state index in [2.05, 4.69) is 13.8 Å². The SMILES string of the molecule is CCCCC(C)(CCC)C(=O)COc1ccc(Cl)cc1Cl. The molecule has 0 saturated heterocycles. The van der Waals surface area contributed by atoms with Gasteiger partial charge in [0, 0.05) is 10.4 Å². The van der Waals surface area contributed by atoms with Gasteiger partial charge in [0.15, 0.2) is 5.78 Å². The van der Waals surface area contributed by atoms with E-state index in [1.165, 1.54) is 0 Å². The van der Waals surface area contributed by atoms with Crippen LogP contribution in [0.25, 0.3) is 0 Å². The molecule has 0 aliphatic heterocycles. The van der Waals surface area contributed by atoms with Crippen molar-refractivity contribution in [2.75, 3.05) is 6.61 Å². The Morgan fingerprint density at radius 2 is 1.90 bits per heavy atom. The summed E-state index contributed by atoms with van der Waals surface area (Å²) in [6, 6.07) is 5.02. The Bertz CT molecular complexity index is 474. The van der Waals surface area contributed by atoms with Gasteiger partial charge in [0.05, 0.1) is 5.02 Å². The van der Waals surface area contributed by atoms with Crippen molar-refractivity contribution in [2.24, 2.45) is 5.41 Å². The van der Waals surface area contributed by atoms with Crippen LogP contribution in [0.4, 0.5) is 0 Å². The van der Waals surface area contributed by atoms with Crippen LogP contribution in [0, 0.1) is 5.41 Å². The Labute approximate surface area is 137 Å². The molecule has 0 heterocycles. The highest BCUT2D eigenvalue weighted by Crippen LogP contribution is 2.32. The topological polar surface area (TPSA) is 26.3 Å². The van der Waals surface area contributed by atoms with E-state index < -0.39 is 0 Å². The van der Waals surface area contributed by atoms with Gasteiger partial charge < -0.3 is 4.74 Å². The Morgan fingerprint density at radius 3 is 2.48 bits per heavy atom. The maximum absolute atomic E-state index is 12.5. The third kappa shape index (κ3) is 5.52. The van der Waals surface area contributed by atoms with E-state index in [1.54, 1.807) is 18.2 Å². The monoisotopic (exact) mass is 330 g/mol. The summed E-state index contributed by atoms with van der Waals surface area (Å²) in [7, 11) is 0. The van der Waals surface area contributed by atoms with E-state index in [0.717, 1.165) is 32.1 Å². The lowest BCUT2D eigenvalue weighted by Crippen LogP contribution is -2.32. The summed E-state index contributed by atoms with van der Waals surface area (Å²) in [4.78, 5) is 12.5. The minimum absolute atomic E-state index is 0.0571. The van der Waals surface area contributed by atoms with Gasteiger partial charge in [0.1, 0.15) is 12.4 Å². The average Bonchev–Trinajstić information content (AvgIpc) is 2.44. The molecule has 2 nitrogen and oxygen atoms in total. The standard InChI is InChI=1S/C17H24Cl2O2/c1-4-6-10-17(3,9-5-2)16(20)12-21-15-8-7-13(18)11-14(15)19/h7-8,11H,4-6,9-10,12H2,1-3H3. The molecule has 0 aliphatic carbocycles. The lowest BCUT2D eigenvalue weighted by Gasteiger charge is -2.27. The van der Waals surface area contributed by atoms with E-state index in [1.807, 2.05) is 6.92 Å². The smallest absolute Gasteiger partial charge is 0.176 e. The molecule has 1 rings (SSSR count). The average molecular weight is 331 g/mol. The van der Waals surface area contributed by atoms with Gasteiger partial charge in [-0.2, -0.15) is 0 Å². The fourth-order valence-corrected chi connectivity index (χ4v) is 2.90. The largest absolute Gasteiger partial charge is 0.484 e. The molecule has 0 spiro atoms. The zero-order valence-electron chi connectivity index (χ0n) is 13.0. The van der Waals surface area contributed by atoms with Crippen LogP contribution in [0.1, 0.15) is 52.9 Å². The van der Waals surface area contributed by atoms with Crippen molar-refractivity contribution >= 4 is 29.0 Å². The molecule has 0 bridgehead atoms. The summed E-state index contributed by atoms with van der Waals surface area (Å²) < 4.78 is 5.59. The van der Waals surface area contributed by atoms with Gasteiger partial charge >= 0.3 is 0 Å². The number of halogens is 2. The van der Waals surface area contributed by atoms with Crippen molar-refractivity contribution in [1.29, 1.82) is 0 Å². The number of carbonyl (C=O) groups excluding carboxylic acids is 1. The second-order valence-corrected chi connectivity index (χ2v) is 6.54. The molecule has 0 aliphatic rings. The molecule has 4 heteroatoms. The highest BCUT2D eigenvalue weighted by Gasteiger charge is 2.31. The van der Waals surface area contributed by atoms with Crippen molar-refractivity contribution in [3.05, 3.63) is 28.2 Å². The maximum Gasteiger partial charge on any atom is 0.176 e. The van der Waals surface area contributed by atoms with Crippen LogP contribution in [-0.4, -0.2) is 12.4 Å². The van der Waals surface area contributed by atoms with Crippen LogP contribution in [0.15, 0.2) is 18.2 Å². The molecule has 0 amide bonds. The van der Waals surface area contributed by atoms with Crippen LogP contribution in [-0.2, 0) is 4.79 Å². The van der Waals surface area contributed by atoms with Crippen molar-refractivity contribution in [3.8, 4) is 5.75 Å². The predicted octanol–water partition coefficient (Wildman–Crippen LogP) is 5.94. The van der Waals surface area contributed by atoms with E-state index in [0.29, 0.717) is 15.8 Å². The molecule has 21 heavy (non-hydrogen) atoms. The predicted molar refractivity (Wildman–Crippen MR) is 89.5 cm³/mol. The van der Waals surface area contributed by atoms with Crippen LogP contribution < -0.4 is 4.74 Å². The number of rotatable bonds is 9. The van der Waals surface area contributed by atoms with Crippen LogP contribution >= 0.6 is 23.2 Å². The first-order valence-electron chi connectivity index (χ1n) is 7.54. The minimum Gasteiger partial charge on any atom is -0.484 e. The van der Waals surface area contributed by atoms with E-state index in [9.17, 15) is 4.79 Å². The summed E-state index contributed by atoms with van der Waals surface area (Å²) in [5, 5.41) is 0.985. The van der Waals surface area contributed by atoms with Gasteiger partial charge in [-0.05, 0) is 31.0 Å². The molecule has 118 valence electrons. The van der Waals surface area contributed by atoms with E-state index in [4.69, 9.17) is 27.9 Å². The highest BCUT2D eigenvalue weighted by molar-refractivity contribution is 6.35. The molecule has 0 aromatic heterocycles. The lowest BCUT2D eigenvalue weighted by molar-refractivity contribution is -0.131. The Kier molecular flexibility index (Phi) is 7.55. The highest BCUT2D eigenvalue weighted by atomic mass is 35.5. The molecule has 0 fully saturated rings. The third-order valence-electron chi connectivity index (χ3n) is 3.81. The van der Waals surface area contributed by atoms with Gasteiger partial charge in [0.2, 0.25) is 0 Å². The van der Waals surface area contributed by atoms with Crippen molar-refractivity contribution in [2.45, 2.75) is 52.9 Å². The molecular formula is C17H24Cl2O2. The van der Waals surface area contributed by atoms with Gasteiger partial charge in [0.25, 0.3) is 0 Å². The van der Waals surface area contributed by atoms with Crippen molar-refractivity contribution < 1.29 is 9.53 Å². The number of ether oxygens (including phenoxy) is 1. The zero-order valence-corrected chi connectivity index (χ0v) is 14.6. The first-order chi connectivity index (χ1) is 9.92. The molecule has 1 unspecified atom stereocenters. The van der Waals surface area contributed by atoms with Crippen LogP contribution in [0.2, 0.25) is 10.0 Å². The van der Waals surface area contributed by atoms with Crippen molar-refractivity contribution in [1.82, 2.24) is 0 Å². The molecular weight excluding hydrogens is 307 g/mol. The quantitative estimate of drug-likeness (QED) is 0.560. The molecule has 0 N–H and O–H groups in total. The first-order valence-corrected chi connectivity index (χ1v) is 8.29. The Morgan fingerprint density at radius 1 is 1.19 bits per heavy atom. The van der Waals surface area contributed by atoms with Gasteiger partial charge in [-0.1, -0.05) is 63.2 Å². The summed E-state index contributed by atoms with van der Waals surface area (Å²) in [5.41, 5.74) is -0.302. The van der Waals surface area contributed by atoms with E-state index in [-0.39, 0.29) is 17.8 Å². The summed E-state index contributed by atoms with van der Waals surface area (Å²) in [5.74, 6) is 0.646. The summed E-state index contributed by atoms with van der Waals surface area (Å²) in [6.45, 7) is 6.35. The number of hydrogen-bond donors (Lipinski definition) is 0. The molecule has 1 aromatic carbocycles. The van der Waals surface area contributed by atoms with Crippen LogP contribution in [0.3, 0.4) is 0 Å². The summed E-state index contributed by atoms with van der Waals surface area (Å²) >= 11 is 11.9. The molecule has 1 aromatic rings. The van der Waals surface area contributed by atoms with Crippen LogP contribution in [0.5, 0.6) is 5.75 Å². The number of ketones is 1. The van der Waals surface area contributed by atoms with Gasteiger partial charge in [-0.25, -0.2) is 0 Å². The number of hydrogen-bond acceptors (Lipinski definition) is 2. The third-order valence-corrected chi connectivity index (χ3v) is 4.34. The number of carbonyl (C=O) groups is 1. The normalized spacial score (nSPS) is 13.8. The molecule has 1 atom stereocenters. The number of benzene rings is 1. The fraction of sp³-hybridized carbons (Fsp3) is 0.588. The first kappa shape index (κ1) is 18.3. The zero-order chi connectivity index (χ0) is 15.9. The summed E-state index contributed by atoms with van der Waals surface area (Å²) in [6.07, 6.45) is 4.95. The second kappa shape index (κ2) is 8.65. The second-order valence-electron chi connectivity index (χ2n) is 5.70. The number of Topliss-reactive ketones (excluding diaryl/α,β-unsaturated/α-hetero) is 1. The Balaban J connectivity index is 2.68. The van der Waals surface area contributed by atoms with Gasteiger partial charge in [-0.3, -0.25) is 4.79 Å². The van der Waals surface area contributed by atoms with E-state index >= 15 is 0 Å². The van der Waals surface area contributed by atoms with Crippen molar-refractivity contribution in [3.63, 3.8) is 0 Å². The minimum atomic E-state index is -0.302. The number of unbranched alkanes of at least 4 members (excludes halogenated alkanes) is 1. The Hall–Kier alpha value is -0.730. The maximum atomic E-state index is 12.5. The van der Waals surface area contributed by atoms with Gasteiger partial charge in [-0.15, -0.1) is 0 Å². The molecule has 0 radical (unpaired) electrons. The lowest BCUT2D eigenvalue weighted by atomic mass is 9.77. The fourth-order valence-electron chi connectivity index (χ4n) is 2.43.